The number of esters is 1. The fourth-order valence-corrected chi connectivity index (χ4v) is 2.88. The summed E-state index contributed by atoms with van der Waals surface area (Å²) in [4.78, 5) is 36.5. The largest absolute Gasteiger partial charge is 0.451 e. The lowest BCUT2D eigenvalue weighted by molar-refractivity contribution is -0.152. The number of benzene rings is 3. The van der Waals surface area contributed by atoms with Gasteiger partial charge in [0.15, 0.2) is 6.10 Å². The average molecular weight is 420 g/mol. The minimum Gasteiger partial charge on any atom is -0.451 e. The number of halogens is 1. The molecule has 0 aromatic heterocycles. The first-order valence-corrected chi connectivity index (χ1v) is 9.63. The van der Waals surface area contributed by atoms with Gasteiger partial charge in [-0.05, 0) is 30.7 Å². The minimum absolute atomic E-state index is 0.182. The topological polar surface area (TPSA) is 84.5 Å². The lowest BCUT2D eigenvalue weighted by Gasteiger charge is -2.16. The van der Waals surface area contributed by atoms with Crippen LogP contribution < -0.4 is 10.6 Å². The number of ether oxygens (including phenoxy) is 1. The van der Waals surface area contributed by atoms with Gasteiger partial charge in [0, 0.05) is 11.3 Å². The van der Waals surface area contributed by atoms with Gasteiger partial charge in [0.05, 0.1) is 5.56 Å². The molecule has 0 bridgehead atoms. The molecule has 0 aliphatic carbocycles. The quantitative estimate of drug-likeness (QED) is 0.570. The van der Waals surface area contributed by atoms with Crippen LogP contribution in [0.5, 0.6) is 0 Å². The smallest absolute Gasteiger partial charge is 0.326 e. The molecule has 2 amide bonds. The van der Waals surface area contributed by atoms with Crippen LogP contribution in [-0.4, -0.2) is 30.4 Å². The Kier molecular flexibility index (Phi) is 7.11. The summed E-state index contributed by atoms with van der Waals surface area (Å²) in [5.74, 6) is -2.78. The molecule has 0 radical (unpaired) electrons. The first kappa shape index (κ1) is 21.7. The number of rotatable bonds is 7. The average Bonchev–Trinajstić information content (AvgIpc) is 2.78. The fourth-order valence-electron chi connectivity index (χ4n) is 2.88. The van der Waals surface area contributed by atoms with Crippen LogP contribution in [0, 0.1) is 5.82 Å². The van der Waals surface area contributed by atoms with Crippen molar-refractivity contribution in [2.75, 3.05) is 11.9 Å². The van der Waals surface area contributed by atoms with Crippen molar-refractivity contribution in [2.24, 2.45) is 0 Å². The van der Waals surface area contributed by atoms with Gasteiger partial charge in [0.2, 0.25) is 0 Å². The molecule has 0 unspecified atom stereocenters. The van der Waals surface area contributed by atoms with Crippen LogP contribution in [0.2, 0.25) is 0 Å². The molecule has 0 saturated heterocycles. The van der Waals surface area contributed by atoms with E-state index in [4.69, 9.17) is 4.74 Å². The predicted octanol–water partition coefficient (Wildman–Crippen LogP) is 3.79. The molecule has 7 heteroatoms. The molecule has 2 N–H and O–H groups in total. The highest BCUT2D eigenvalue weighted by atomic mass is 19.1. The van der Waals surface area contributed by atoms with Gasteiger partial charge < -0.3 is 15.4 Å². The maximum absolute atomic E-state index is 13.6. The number of para-hydroxylation sites is 1. The van der Waals surface area contributed by atoms with E-state index >= 15 is 0 Å². The van der Waals surface area contributed by atoms with Crippen molar-refractivity contribution < 1.29 is 23.5 Å². The Morgan fingerprint density at radius 1 is 0.903 bits per heavy atom. The van der Waals surface area contributed by atoms with Gasteiger partial charge in [-0.1, -0.05) is 60.7 Å². The van der Waals surface area contributed by atoms with Crippen molar-refractivity contribution in [2.45, 2.75) is 13.0 Å². The molecule has 3 aromatic carbocycles. The zero-order valence-corrected chi connectivity index (χ0v) is 16.8. The van der Waals surface area contributed by atoms with Gasteiger partial charge >= 0.3 is 5.97 Å². The lowest BCUT2D eigenvalue weighted by Crippen LogP contribution is -2.36. The number of nitrogens with one attached hydrogen (secondary N) is 2. The zero-order chi connectivity index (χ0) is 22.2. The summed E-state index contributed by atoms with van der Waals surface area (Å²) in [6.45, 7) is 0.933. The summed E-state index contributed by atoms with van der Waals surface area (Å²) in [6, 6.07) is 22.2. The van der Waals surface area contributed by atoms with Crippen molar-refractivity contribution in [3.05, 3.63) is 90.2 Å². The Hall–Kier alpha value is -4.00. The molecule has 0 fully saturated rings. The Labute approximate surface area is 179 Å². The van der Waals surface area contributed by atoms with Crippen molar-refractivity contribution >= 4 is 23.5 Å². The SMILES string of the molecule is C[C@@H](OC(=O)CNC(=O)c1ccccc1F)C(=O)Nc1ccccc1-c1ccccc1. The number of carbonyl (C=O) groups is 3. The van der Waals surface area contributed by atoms with Gasteiger partial charge in [-0.15, -0.1) is 0 Å². The van der Waals surface area contributed by atoms with Gasteiger partial charge in [-0.2, -0.15) is 0 Å². The highest BCUT2D eigenvalue weighted by Gasteiger charge is 2.20. The van der Waals surface area contributed by atoms with Crippen LogP contribution in [0.3, 0.4) is 0 Å². The molecule has 0 heterocycles. The molecule has 0 aliphatic heterocycles. The standard InChI is InChI=1S/C24H21FN2O4/c1-16(31-22(28)15-26-24(30)19-12-5-7-13-20(19)25)23(29)27-21-14-8-6-11-18(21)17-9-3-2-4-10-17/h2-14,16H,15H2,1H3,(H,26,30)(H,27,29)/t16-/m1/s1. The first-order chi connectivity index (χ1) is 15.0. The van der Waals surface area contributed by atoms with E-state index in [1.807, 2.05) is 42.5 Å². The summed E-state index contributed by atoms with van der Waals surface area (Å²) < 4.78 is 18.7. The van der Waals surface area contributed by atoms with Gasteiger partial charge in [-0.3, -0.25) is 14.4 Å². The van der Waals surface area contributed by atoms with Crippen molar-refractivity contribution in [3.63, 3.8) is 0 Å². The van der Waals surface area contributed by atoms with Gasteiger partial charge in [-0.25, -0.2) is 4.39 Å². The van der Waals surface area contributed by atoms with Gasteiger partial charge in [0.1, 0.15) is 12.4 Å². The Morgan fingerprint density at radius 3 is 2.29 bits per heavy atom. The normalized spacial score (nSPS) is 11.3. The van der Waals surface area contributed by atoms with E-state index < -0.39 is 36.2 Å². The van der Waals surface area contributed by atoms with Crippen molar-refractivity contribution in [1.82, 2.24) is 5.32 Å². The number of amides is 2. The van der Waals surface area contributed by atoms with E-state index in [9.17, 15) is 18.8 Å². The van der Waals surface area contributed by atoms with E-state index in [0.29, 0.717) is 5.69 Å². The van der Waals surface area contributed by atoms with Crippen molar-refractivity contribution in [3.8, 4) is 11.1 Å². The minimum atomic E-state index is -1.10. The first-order valence-electron chi connectivity index (χ1n) is 9.63. The summed E-state index contributed by atoms with van der Waals surface area (Å²) >= 11 is 0. The predicted molar refractivity (Wildman–Crippen MR) is 115 cm³/mol. The maximum Gasteiger partial charge on any atom is 0.326 e. The number of carbonyl (C=O) groups excluding carboxylic acids is 3. The summed E-state index contributed by atoms with van der Waals surface area (Å²) in [7, 11) is 0. The Balaban J connectivity index is 1.56. The third-order valence-electron chi connectivity index (χ3n) is 4.46. The van der Waals surface area contributed by atoms with Crippen LogP contribution in [0.25, 0.3) is 11.1 Å². The molecular weight excluding hydrogens is 399 g/mol. The second-order valence-electron chi connectivity index (χ2n) is 6.70. The molecule has 31 heavy (non-hydrogen) atoms. The van der Waals surface area contributed by atoms with E-state index in [0.717, 1.165) is 17.2 Å². The Bertz CT molecular complexity index is 1090. The molecule has 6 nitrogen and oxygen atoms in total. The zero-order valence-electron chi connectivity index (χ0n) is 16.8. The highest BCUT2D eigenvalue weighted by Crippen LogP contribution is 2.27. The highest BCUT2D eigenvalue weighted by molar-refractivity contribution is 5.99. The molecule has 3 rings (SSSR count). The van der Waals surface area contributed by atoms with E-state index in [1.54, 1.807) is 12.1 Å². The molecular formula is C24H21FN2O4. The van der Waals surface area contributed by atoms with Crippen LogP contribution >= 0.6 is 0 Å². The molecule has 158 valence electrons. The van der Waals surface area contributed by atoms with Crippen LogP contribution in [-0.2, 0) is 14.3 Å². The van der Waals surface area contributed by atoms with Crippen molar-refractivity contribution in [1.29, 1.82) is 0 Å². The third-order valence-corrected chi connectivity index (χ3v) is 4.46. The summed E-state index contributed by atoms with van der Waals surface area (Å²) in [6.07, 6.45) is -1.10. The third kappa shape index (κ3) is 5.76. The fraction of sp³-hybridized carbons (Fsp3) is 0.125. The summed E-state index contributed by atoms with van der Waals surface area (Å²) in [5.41, 5.74) is 2.15. The second-order valence-corrected chi connectivity index (χ2v) is 6.70. The molecule has 3 aromatic rings. The van der Waals surface area contributed by atoms with Crippen LogP contribution in [0.4, 0.5) is 10.1 Å². The van der Waals surface area contributed by atoms with Crippen LogP contribution in [0.15, 0.2) is 78.9 Å². The van der Waals surface area contributed by atoms with Crippen LogP contribution in [0.1, 0.15) is 17.3 Å². The maximum atomic E-state index is 13.6. The Morgan fingerprint density at radius 2 is 1.55 bits per heavy atom. The molecule has 0 spiro atoms. The second kappa shape index (κ2) is 10.2. The van der Waals surface area contributed by atoms with E-state index in [2.05, 4.69) is 10.6 Å². The molecule has 1 atom stereocenters. The van der Waals surface area contributed by atoms with E-state index in [-0.39, 0.29) is 5.56 Å². The molecule has 0 aliphatic rings. The molecule has 0 saturated carbocycles. The number of hydrogen-bond acceptors (Lipinski definition) is 4. The van der Waals surface area contributed by atoms with E-state index in [1.165, 1.54) is 25.1 Å². The monoisotopic (exact) mass is 420 g/mol. The number of hydrogen-bond donors (Lipinski definition) is 2. The lowest BCUT2D eigenvalue weighted by atomic mass is 10.0. The number of anilines is 1. The summed E-state index contributed by atoms with van der Waals surface area (Å²) in [5, 5.41) is 5.04. The van der Waals surface area contributed by atoms with Gasteiger partial charge in [0.25, 0.3) is 11.8 Å².